The summed E-state index contributed by atoms with van der Waals surface area (Å²) in [5.41, 5.74) is 1.68. The number of hydrogen-bond donors (Lipinski definition) is 2. The summed E-state index contributed by atoms with van der Waals surface area (Å²) >= 11 is 24.8. The molecule has 0 aliphatic rings. The number of anilines is 1. The summed E-state index contributed by atoms with van der Waals surface area (Å²) in [5.74, 6) is -0.375. The number of hydrogen-bond acceptors (Lipinski definition) is 3. The molecule has 25 heavy (non-hydrogen) atoms. The predicted octanol–water partition coefficient (Wildman–Crippen LogP) is 6.30. The maximum absolute atomic E-state index is 12.5. The van der Waals surface area contributed by atoms with Crippen LogP contribution in [-0.4, -0.2) is 11.0 Å². The van der Waals surface area contributed by atoms with Crippen LogP contribution in [0.2, 0.25) is 15.1 Å². The first-order chi connectivity index (χ1) is 11.8. The van der Waals surface area contributed by atoms with Crippen molar-refractivity contribution < 1.29 is 4.79 Å². The number of rotatable bonds is 2. The molecule has 2 aromatic carbocycles. The van der Waals surface area contributed by atoms with Crippen molar-refractivity contribution in [1.82, 2.24) is 5.32 Å². The van der Waals surface area contributed by atoms with Crippen LogP contribution in [0.4, 0.5) is 5.69 Å². The molecule has 3 rings (SSSR count). The van der Waals surface area contributed by atoms with Crippen LogP contribution in [0.5, 0.6) is 0 Å². The number of carbonyl (C=O) groups excluding carboxylic acids is 1. The number of nitrogens with one attached hydrogen (secondary N) is 2. The molecule has 0 spiro atoms. The molecule has 8 heteroatoms. The summed E-state index contributed by atoms with van der Waals surface area (Å²) in [6, 6.07) is 10.7. The zero-order valence-corrected chi connectivity index (χ0v) is 16.7. The summed E-state index contributed by atoms with van der Waals surface area (Å²) in [7, 11) is 0. The van der Waals surface area contributed by atoms with Crippen molar-refractivity contribution in [2.45, 2.75) is 6.92 Å². The van der Waals surface area contributed by atoms with Crippen LogP contribution in [0.1, 0.15) is 15.2 Å². The topological polar surface area (TPSA) is 41.1 Å². The summed E-state index contributed by atoms with van der Waals surface area (Å²) in [5, 5.41) is 8.11. The Morgan fingerprint density at radius 1 is 1.08 bits per heavy atom. The molecule has 3 nitrogen and oxygen atoms in total. The molecule has 0 fully saturated rings. The van der Waals surface area contributed by atoms with Gasteiger partial charge >= 0.3 is 0 Å². The quantitative estimate of drug-likeness (QED) is 0.470. The number of halogens is 3. The van der Waals surface area contributed by atoms with Gasteiger partial charge in [0.25, 0.3) is 5.91 Å². The summed E-state index contributed by atoms with van der Waals surface area (Å²) < 4.78 is 0.840. The van der Waals surface area contributed by atoms with E-state index in [-0.39, 0.29) is 11.0 Å². The molecular formula is C17H11Cl3N2OS2. The Kier molecular flexibility index (Phi) is 5.51. The van der Waals surface area contributed by atoms with Crippen molar-refractivity contribution in [3.63, 3.8) is 0 Å². The van der Waals surface area contributed by atoms with Gasteiger partial charge in [-0.05, 0) is 49.0 Å². The van der Waals surface area contributed by atoms with Crippen LogP contribution in [0.25, 0.3) is 10.1 Å². The zero-order chi connectivity index (χ0) is 18.1. The Hall–Kier alpha value is -1.37. The molecule has 0 radical (unpaired) electrons. The third-order valence-corrected chi connectivity index (χ3v) is 5.80. The number of fused-ring (bicyclic) bond motifs is 1. The molecule has 3 aromatic rings. The van der Waals surface area contributed by atoms with E-state index in [2.05, 4.69) is 10.6 Å². The molecule has 1 aromatic heterocycles. The summed E-state index contributed by atoms with van der Waals surface area (Å²) in [6.07, 6.45) is 0. The first-order valence-corrected chi connectivity index (χ1v) is 9.47. The van der Waals surface area contributed by atoms with E-state index >= 15 is 0 Å². The molecule has 1 heterocycles. The normalized spacial score (nSPS) is 10.7. The van der Waals surface area contributed by atoms with Crippen molar-refractivity contribution in [1.29, 1.82) is 0 Å². The number of thiocarbonyl (C=S) groups is 1. The highest BCUT2D eigenvalue weighted by atomic mass is 35.5. The zero-order valence-electron chi connectivity index (χ0n) is 12.8. The standard InChI is InChI=1S/C17H11Cl3N2OS2/c1-8-2-3-9(18)6-12(8)21-17(24)22-16(23)15-14(20)11-5-4-10(19)7-13(11)25-15/h2-7H,1H3,(H2,21,22,23,24). The van der Waals surface area contributed by atoms with Crippen LogP contribution in [0, 0.1) is 6.92 Å². The number of carbonyl (C=O) groups is 1. The number of thiophene rings is 1. The highest BCUT2D eigenvalue weighted by molar-refractivity contribution is 7.80. The van der Waals surface area contributed by atoms with E-state index in [4.69, 9.17) is 47.0 Å². The predicted molar refractivity (Wildman–Crippen MR) is 112 cm³/mol. The van der Waals surface area contributed by atoms with E-state index in [1.807, 2.05) is 13.0 Å². The van der Waals surface area contributed by atoms with E-state index < -0.39 is 0 Å². The molecule has 0 saturated heterocycles. The van der Waals surface area contributed by atoms with Gasteiger partial charge in [-0.1, -0.05) is 46.9 Å². The van der Waals surface area contributed by atoms with Crippen LogP contribution >= 0.6 is 58.4 Å². The second-order valence-electron chi connectivity index (χ2n) is 5.25. The van der Waals surface area contributed by atoms with Crippen LogP contribution in [0.15, 0.2) is 36.4 Å². The second-order valence-corrected chi connectivity index (χ2v) is 7.96. The van der Waals surface area contributed by atoms with Crippen LogP contribution < -0.4 is 10.6 Å². The van der Waals surface area contributed by atoms with Gasteiger partial charge in [0.05, 0.1) is 5.02 Å². The molecule has 128 valence electrons. The van der Waals surface area contributed by atoms with Gasteiger partial charge in [-0.25, -0.2) is 0 Å². The van der Waals surface area contributed by atoms with E-state index in [0.717, 1.165) is 21.3 Å². The molecule has 2 N–H and O–H groups in total. The van der Waals surface area contributed by atoms with Crippen molar-refractivity contribution in [2.24, 2.45) is 0 Å². The fourth-order valence-corrected chi connectivity index (χ4v) is 4.29. The average Bonchev–Trinajstić information content (AvgIpc) is 2.87. The highest BCUT2D eigenvalue weighted by Gasteiger charge is 2.18. The van der Waals surface area contributed by atoms with Gasteiger partial charge in [-0.2, -0.15) is 0 Å². The lowest BCUT2D eigenvalue weighted by Crippen LogP contribution is -2.34. The Morgan fingerprint density at radius 3 is 2.52 bits per heavy atom. The molecule has 0 bridgehead atoms. The van der Waals surface area contributed by atoms with Crippen LogP contribution in [0.3, 0.4) is 0 Å². The van der Waals surface area contributed by atoms with Gasteiger partial charge in [-0.15, -0.1) is 11.3 Å². The van der Waals surface area contributed by atoms with E-state index in [1.165, 1.54) is 11.3 Å². The summed E-state index contributed by atoms with van der Waals surface area (Å²) in [6.45, 7) is 1.91. The van der Waals surface area contributed by atoms with Crippen molar-refractivity contribution in [2.75, 3.05) is 5.32 Å². The third kappa shape index (κ3) is 4.07. The Bertz CT molecular complexity index is 1000. The molecule has 0 saturated carbocycles. The minimum Gasteiger partial charge on any atom is -0.332 e. The maximum atomic E-state index is 12.5. The molecule has 0 atom stereocenters. The third-order valence-electron chi connectivity index (χ3n) is 3.47. The molecule has 0 aliphatic carbocycles. The minimum atomic E-state index is -0.375. The summed E-state index contributed by atoms with van der Waals surface area (Å²) in [4.78, 5) is 12.9. The first kappa shape index (κ1) is 18.4. The average molecular weight is 430 g/mol. The Labute approximate surface area is 168 Å². The smallest absolute Gasteiger partial charge is 0.269 e. The molecule has 0 unspecified atom stereocenters. The Morgan fingerprint density at radius 2 is 1.76 bits per heavy atom. The molecular weight excluding hydrogens is 419 g/mol. The maximum Gasteiger partial charge on any atom is 0.269 e. The van der Waals surface area contributed by atoms with Gasteiger partial charge in [-0.3, -0.25) is 10.1 Å². The second kappa shape index (κ2) is 7.48. The number of benzene rings is 2. The van der Waals surface area contributed by atoms with Crippen LogP contribution in [-0.2, 0) is 0 Å². The number of aryl methyl sites for hydroxylation is 1. The lowest BCUT2D eigenvalue weighted by Gasteiger charge is -2.11. The SMILES string of the molecule is Cc1ccc(Cl)cc1NC(=S)NC(=O)c1sc2cc(Cl)ccc2c1Cl. The van der Waals surface area contributed by atoms with Gasteiger partial charge in [0, 0.05) is 25.8 Å². The fraction of sp³-hybridized carbons (Fsp3) is 0.0588. The lowest BCUT2D eigenvalue weighted by atomic mass is 10.2. The lowest BCUT2D eigenvalue weighted by molar-refractivity contribution is 0.0982. The minimum absolute atomic E-state index is 0.168. The van der Waals surface area contributed by atoms with Gasteiger partial charge in [0.15, 0.2) is 5.11 Å². The van der Waals surface area contributed by atoms with Crippen molar-refractivity contribution >= 4 is 85.2 Å². The van der Waals surface area contributed by atoms with Crippen molar-refractivity contribution in [3.8, 4) is 0 Å². The van der Waals surface area contributed by atoms with Gasteiger partial charge in [0.2, 0.25) is 0 Å². The monoisotopic (exact) mass is 428 g/mol. The number of amides is 1. The fourth-order valence-electron chi connectivity index (χ4n) is 2.23. The first-order valence-electron chi connectivity index (χ1n) is 7.11. The van der Waals surface area contributed by atoms with Crippen molar-refractivity contribution in [3.05, 3.63) is 61.9 Å². The Balaban J connectivity index is 1.79. The molecule has 1 amide bonds. The molecule has 0 aliphatic heterocycles. The van der Waals surface area contributed by atoms with E-state index in [9.17, 15) is 4.79 Å². The van der Waals surface area contributed by atoms with E-state index in [0.29, 0.717) is 19.9 Å². The van der Waals surface area contributed by atoms with Gasteiger partial charge in [0.1, 0.15) is 4.88 Å². The van der Waals surface area contributed by atoms with E-state index in [1.54, 1.807) is 30.3 Å². The highest BCUT2D eigenvalue weighted by Crippen LogP contribution is 2.36. The largest absolute Gasteiger partial charge is 0.332 e. The van der Waals surface area contributed by atoms with Gasteiger partial charge < -0.3 is 5.32 Å².